The van der Waals surface area contributed by atoms with Gasteiger partial charge in [-0.15, -0.1) is 0 Å². The van der Waals surface area contributed by atoms with Gasteiger partial charge in [0, 0.05) is 54.1 Å². The summed E-state index contributed by atoms with van der Waals surface area (Å²) >= 11 is 0. The average molecular weight is 493 g/mol. The molecule has 2 aromatic carbocycles. The lowest BCUT2D eigenvalue weighted by Gasteiger charge is -2.39. The van der Waals surface area contributed by atoms with Crippen LogP contribution in [-0.4, -0.2) is 34.9 Å². The molecule has 2 fully saturated rings. The molecule has 2 N–H and O–H groups in total. The number of carbonyl (C=O) groups is 1. The first-order valence-corrected chi connectivity index (χ1v) is 13.0. The number of nitrogens with zero attached hydrogens (tertiary/aromatic N) is 2. The molecule has 1 saturated carbocycles. The van der Waals surface area contributed by atoms with Crippen molar-refractivity contribution in [3.8, 4) is 0 Å². The number of H-pyrrole nitrogens is 1. The predicted molar refractivity (Wildman–Crippen MR) is 138 cm³/mol. The Labute approximate surface area is 210 Å². The highest BCUT2D eigenvalue weighted by molar-refractivity contribution is 5.89. The molecule has 0 radical (unpaired) electrons. The van der Waals surface area contributed by atoms with E-state index in [1.807, 2.05) is 12.1 Å². The summed E-state index contributed by atoms with van der Waals surface area (Å²) in [7, 11) is 0. The molecule has 190 valence electrons. The van der Waals surface area contributed by atoms with Crippen LogP contribution >= 0.6 is 0 Å². The third kappa shape index (κ3) is 5.53. The molecule has 0 unspecified atom stereocenters. The van der Waals surface area contributed by atoms with E-state index in [9.17, 15) is 19.3 Å². The molecule has 1 amide bonds. The zero-order valence-corrected chi connectivity index (χ0v) is 20.4. The molecule has 3 aromatic rings. The van der Waals surface area contributed by atoms with Gasteiger partial charge in [0.1, 0.15) is 5.82 Å². The zero-order chi connectivity index (χ0) is 25.1. The van der Waals surface area contributed by atoms with Gasteiger partial charge < -0.3 is 15.2 Å². The first-order valence-electron chi connectivity index (χ1n) is 13.0. The van der Waals surface area contributed by atoms with Crippen molar-refractivity contribution in [1.29, 1.82) is 0 Å². The van der Waals surface area contributed by atoms with Crippen LogP contribution in [0.3, 0.4) is 0 Å². The first kappa shape index (κ1) is 24.3. The van der Waals surface area contributed by atoms with Gasteiger partial charge in [0.15, 0.2) is 0 Å². The van der Waals surface area contributed by atoms with E-state index in [4.69, 9.17) is 0 Å². The third-order valence-corrected chi connectivity index (χ3v) is 7.92. The summed E-state index contributed by atoms with van der Waals surface area (Å²) in [5.74, 6) is 0.732. The van der Waals surface area contributed by atoms with Crippen molar-refractivity contribution in [2.45, 2.75) is 57.4 Å². The molecule has 0 spiro atoms. The maximum Gasteiger partial charge on any atom is 0.269 e. The van der Waals surface area contributed by atoms with E-state index < -0.39 is 0 Å². The van der Waals surface area contributed by atoms with Crippen LogP contribution in [0, 0.1) is 27.8 Å². The highest BCUT2D eigenvalue weighted by Crippen LogP contribution is 2.34. The number of amides is 1. The van der Waals surface area contributed by atoms with Crippen molar-refractivity contribution in [3.63, 3.8) is 0 Å². The van der Waals surface area contributed by atoms with Crippen LogP contribution in [-0.2, 0) is 11.2 Å². The standard InChI is InChI=1S/C28H33FN4O3/c29-22-7-12-25-21(17-30-27(25)16-22)15-28(34)31-26-6-2-1-5-20(26)14-19-4-3-13-32(18-19)23-8-10-24(11-9-23)33(35)36/h7-12,16-17,19-20,26,30H,1-6,13-15,18H2,(H,31,34)/t19-,20+,26-/m1/s1. The maximum atomic E-state index is 13.5. The number of halogens is 1. The first-order chi connectivity index (χ1) is 17.5. The number of anilines is 1. The Morgan fingerprint density at radius 1 is 1.11 bits per heavy atom. The lowest BCUT2D eigenvalue weighted by atomic mass is 9.77. The summed E-state index contributed by atoms with van der Waals surface area (Å²) in [4.78, 5) is 29.0. The summed E-state index contributed by atoms with van der Waals surface area (Å²) in [6.07, 6.45) is 9.92. The van der Waals surface area contributed by atoms with Gasteiger partial charge in [-0.2, -0.15) is 0 Å². The number of nitrogens with one attached hydrogen (secondary N) is 2. The molecule has 2 heterocycles. The number of piperidine rings is 1. The number of aromatic nitrogens is 1. The largest absolute Gasteiger partial charge is 0.371 e. The molecule has 1 aliphatic carbocycles. The van der Waals surface area contributed by atoms with Crippen molar-refractivity contribution in [3.05, 3.63) is 70.2 Å². The molecular formula is C28H33FN4O3. The Hall–Kier alpha value is -3.42. The highest BCUT2D eigenvalue weighted by atomic mass is 19.1. The highest BCUT2D eigenvalue weighted by Gasteiger charge is 2.31. The summed E-state index contributed by atoms with van der Waals surface area (Å²) in [6.45, 7) is 1.91. The molecule has 2 aliphatic rings. The minimum atomic E-state index is -0.362. The van der Waals surface area contributed by atoms with E-state index in [0.717, 1.165) is 61.8 Å². The smallest absolute Gasteiger partial charge is 0.269 e. The molecule has 1 aliphatic heterocycles. The molecule has 0 bridgehead atoms. The van der Waals surface area contributed by atoms with Gasteiger partial charge >= 0.3 is 0 Å². The molecule has 36 heavy (non-hydrogen) atoms. The summed E-state index contributed by atoms with van der Waals surface area (Å²) in [5.41, 5.74) is 2.76. The minimum absolute atomic E-state index is 0.0216. The van der Waals surface area contributed by atoms with Gasteiger partial charge in [0.25, 0.3) is 5.69 Å². The van der Waals surface area contributed by atoms with E-state index in [-0.39, 0.29) is 34.8 Å². The number of non-ortho nitro benzene ring substituents is 1. The SMILES string of the molecule is O=C(Cc1c[nH]c2cc(F)ccc12)N[C@@H]1CCCC[C@H]1C[C@H]1CCCN(c2ccc([N+](=O)[O-])cc2)C1. The number of aromatic amines is 1. The van der Waals surface area contributed by atoms with E-state index in [1.165, 1.54) is 25.0 Å². The minimum Gasteiger partial charge on any atom is -0.371 e. The molecule has 7 nitrogen and oxygen atoms in total. The second-order valence-electron chi connectivity index (χ2n) is 10.4. The van der Waals surface area contributed by atoms with E-state index in [0.29, 0.717) is 17.4 Å². The lowest BCUT2D eigenvalue weighted by Crippen LogP contribution is -2.44. The number of nitro groups is 1. The van der Waals surface area contributed by atoms with E-state index in [1.54, 1.807) is 24.4 Å². The number of rotatable bonds is 7. The monoisotopic (exact) mass is 492 g/mol. The third-order valence-electron chi connectivity index (χ3n) is 7.92. The lowest BCUT2D eigenvalue weighted by molar-refractivity contribution is -0.384. The van der Waals surface area contributed by atoms with Crippen molar-refractivity contribution in [2.24, 2.45) is 11.8 Å². The van der Waals surface area contributed by atoms with Crippen molar-refractivity contribution in [2.75, 3.05) is 18.0 Å². The normalized spacial score (nSPS) is 22.5. The second-order valence-corrected chi connectivity index (χ2v) is 10.4. The maximum absolute atomic E-state index is 13.5. The molecule has 8 heteroatoms. The molecule has 3 atom stereocenters. The van der Waals surface area contributed by atoms with Crippen LogP contribution in [0.2, 0.25) is 0 Å². The predicted octanol–water partition coefficient (Wildman–Crippen LogP) is 5.74. The summed E-state index contributed by atoms with van der Waals surface area (Å²) in [5, 5.41) is 15.2. The van der Waals surface area contributed by atoms with E-state index in [2.05, 4.69) is 15.2 Å². The Morgan fingerprint density at radius 3 is 2.72 bits per heavy atom. The summed E-state index contributed by atoms with van der Waals surface area (Å²) in [6, 6.07) is 11.7. The number of nitro benzene ring substituents is 1. The van der Waals surface area contributed by atoms with Gasteiger partial charge in [-0.25, -0.2) is 4.39 Å². The van der Waals surface area contributed by atoms with Gasteiger partial charge in [-0.1, -0.05) is 12.8 Å². The summed E-state index contributed by atoms with van der Waals surface area (Å²) < 4.78 is 13.5. The Kier molecular flexibility index (Phi) is 7.20. The average Bonchev–Trinajstić information content (AvgIpc) is 3.26. The number of benzene rings is 2. The topological polar surface area (TPSA) is 91.3 Å². The second kappa shape index (κ2) is 10.7. The van der Waals surface area contributed by atoms with Crippen molar-refractivity contribution >= 4 is 28.2 Å². The Balaban J connectivity index is 1.19. The number of fused-ring (bicyclic) bond motifs is 1. The van der Waals surface area contributed by atoms with Crippen molar-refractivity contribution in [1.82, 2.24) is 10.3 Å². The van der Waals surface area contributed by atoms with Crippen LogP contribution in [0.1, 0.15) is 50.5 Å². The van der Waals surface area contributed by atoms with Crippen LogP contribution in [0.5, 0.6) is 0 Å². The quantitative estimate of drug-likeness (QED) is 0.325. The molecule has 1 aromatic heterocycles. The molecular weight excluding hydrogens is 459 g/mol. The van der Waals surface area contributed by atoms with Crippen molar-refractivity contribution < 1.29 is 14.1 Å². The fourth-order valence-corrected chi connectivity index (χ4v) is 6.12. The Morgan fingerprint density at radius 2 is 1.92 bits per heavy atom. The van der Waals surface area contributed by atoms with Crippen LogP contribution in [0.4, 0.5) is 15.8 Å². The Bertz CT molecular complexity index is 1230. The fourth-order valence-electron chi connectivity index (χ4n) is 6.12. The van der Waals surface area contributed by atoms with Crippen LogP contribution in [0.15, 0.2) is 48.7 Å². The van der Waals surface area contributed by atoms with Crippen LogP contribution < -0.4 is 10.2 Å². The number of hydrogen-bond acceptors (Lipinski definition) is 4. The number of carbonyl (C=O) groups excluding carboxylic acids is 1. The number of hydrogen-bond donors (Lipinski definition) is 2. The van der Waals surface area contributed by atoms with Gasteiger partial charge in [0.05, 0.1) is 11.3 Å². The molecule has 5 rings (SSSR count). The van der Waals surface area contributed by atoms with Gasteiger partial charge in [-0.05, 0) is 79.8 Å². The van der Waals surface area contributed by atoms with Gasteiger partial charge in [0.2, 0.25) is 5.91 Å². The fraction of sp³-hybridized carbons (Fsp3) is 0.464. The van der Waals surface area contributed by atoms with Gasteiger partial charge in [-0.3, -0.25) is 14.9 Å². The zero-order valence-electron chi connectivity index (χ0n) is 20.4. The van der Waals surface area contributed by atoms with E-state index >= 15 is 0 Å². The molecule has 1 saturated heterocycles. The van der Waals surface area contributed by atoms with Crippen LogP contribution in [0.25, 0.3) is 10.9 Å².